The first-order valence-electron chi connectivity index (χ1n) is 7.96. The van der Waals surface area contributed by atoms with E-state index in [-0.39, 0.29) is 5.60 Å². The summed E-state index contributed by atoms with van der Waals surface area (Å²) in [6.45, 7) is 8.34. The largest absolute Gasteiger partial charge is 0.375 e. The van der Waals surface area contributed by atoms with Crippen molar-refractivity contribution in [3.63, 3.8) is 0 Å². The summed E-state index contributed by atoms with van der Waals surface area (Å²) in [5, 5.41) is 5.83. The lowest BCUT2D eigenvalue weighted by atomic mass is 9.86. The van der Waals surface area contributed by atoms with Crippen molar-refractivity contribution in [2.24, 2.45) is 0 Å². The van der Waals surface area contributed by atoms with Crippen molar-refractivity contribution in [1.82, 2.24) is 14.7 Å². The van der Waals surface area contributed by atoms with Gasteiger partial charge in [0.05, 0.1) is 17.0 Å². The van der Waals surface area contributed by atoms with Crippen LogP contribution in [0.1, 0.15) is 50.9 Å². The summed E-state index contributed by atoms with van der Waals surface area (Å²) in [5.41, 5.74) is 2.51. The van der Waals surface area contributed by atoms with Gasteiger partial charge < -0.3 is 10.1 Å². The van der Waals surface area contributed by atoms with Gasteiger partial charge in [-0.25, -0.2) is 4.98 Å². The van der Waals surface area contributed by atoms with Gasteiger partial charge >= 0.3 is 0 Å². The number of fused-ring (bicyclic) bond motifs is 1. The zero-order valence-electron chi connectivity index (χ0n) is 13.2. The molecule has 0 spiro atoms. The van der Waals surface area contributed by atoms with Crippen LogP contribution < -0.4 is 5.32 Å². The number of aromatic nitrogens is 2. The molecule has 4 nitrogen and oxygen atoms in total. The number of hydrogen-bond acceptors (Lipinski definition) is 4. The third kappa shape index (κ3) is 2.87. The molecule has 0 aliphatic carbocycles. The fourth-order valence-electron chi connectivity index (χ4n) is 3.34. The minimum Gasteiger partial charge on any atom is -0.375 e. The zero-order chi connectivity index (χ0) is 14.9. The van der Waals surface area contributed by atoms with Crippen molar-refractivity contribution in [3.8, 4) is 0 Å². The van der Waals surface area contributed by atoms with E-state index in [1.807, 2.05) is 0 Å². The number of hydrogen-bond donors (Lipinski definition) is 1. The molecular formula is C16H25N3OS. The van der Waals surface area contributed by atoms with Crippen LogP contribution in [0.15, 0.2) is 11.6 Å². The van der Waals surface area contributed by atoms with E-state index in [2.05, 4.69) is 47.0 Å². The molecule has 1 atom stereocenters. The van der Waals surface area contributed by atoms with E-state index < -0.39 is 0 Å². The number of nitrogens with one attached hydrogen (secondary N) is 1. The van der Waals surface area contributed by atoms with Gasteiger partial charge in [0.15, 0.2) is 4.96 Å². The summed E-state index contributed by atoms with van der Waals surface area (Å²) in [4.78, 5) is 5.71. The van der Waals surface area contributed by atoms with Crippen LogP contribution in [0.25, 0.3) is 4.96 Å². The average Bonchev–Trinajstić information content (AvgIpc) is 3.06. The topological polar surface area (TPSA) is 38.6 Å². The molecule has 116 valence electrons. The molecule has 0 saturated carbocycles. The fraction of sp³-hybridized carbons (Fsp3) is 0.688. The zero-order valence-corrected chi connectivity index (χ0v) is 14.0. The Hall–Kier alpha value is -0.910. The molecule has 1 fully saturated rings. The van der Waals surface area contributed by atoms with E-state index in [1.165, 1.54) is 5.69 Å². The lowest BCUT2D eigenvalue weighted by Crippen LogP contribution is -2.46. The Balaban J connectivity index is 1.67. The van der Waals surface area contributed by atoms with E-state index in [1.54, 1.807) is 11.3 Å². The lowest BCUT2D eigenvalue weighted by Gasteiger charge is -2.40. The molecule has 0 amide bonds. The fourth-order valence-corrected chi connectivity index (χ4v) is 4.12. The van der Waals surface area contributed by atoms with Gasteiger partial charge in [0.1, 0.15) is 0 Å². The Labute approximate surface area is 130 Å². The van der Waals surface area contributed by atoms with Gasteiger partial charge in [-0.2, -0.15) is 0 Å². The first-order chi connectivity index (χ1) is 10.2. The number of nitrogens with zero attached hydrogens (tertiary/aromatic N) is 2. The van der Waals surface area contributed by atoms with Crippen LogP contribution in [0.5, 0.6) is 0 Å². The maximum Gasteiger partial charge on any atom is 0.194 e. The molecule has 1 aliphatic heterocycles. The van der Waals surface area contributed by atoms with Crippen LogP contribution >= 0.6 is 11.3 Å². The summed E-state index contributed by atoms with van der Waals surface area (Å²) >= 11 is 1.69. The molecule has 1 unspecified atom stereocenters. The molecule has 0 radical (unpaired) electrons. The van der Waals surface area contributed by atoms with Crippen LogP contribution in [0.4, 0.5) is 0 Å². The Morgan fingerprint density at radius 3 is 3.05 bits per heavy atom. The molecule has 21 heavy (non-hydrogen) atoms. The average molecular weight is 307 g/mol. The minimum atomic E-state index is 0.0834. The van der Waals surface area contributed by atoms with Crippen molar-refractivity contribution in [2.75, 3.05) is 6.61 Å². The maximum absolute atomic E-state index is 6.06. The highest BCUT2D eigenvalue weighted by Crippen LogP contribution is 2.31. The summed E-state index contributed by atoms with van der Waals surface area (Å²) < 4.78 is 8.26. The Kier molecular flexibility index (Phi) is 4.33. The normalized spacial score (nSPS) is 22.0. The molecule has 0 bridgehead atoms. The van der Waals surface area contributed by atoms with Gasteiger partial charge in [-0.15, -0.1) is 11.3 Å². The van der Waals surface area contributed by atoms with Crippen molar-refractivity contribution in [1.29, 1.82) is 0 Å². The number of imidazole rings is 1. The number of ether oxygens (including phenoxy) is 1. The van der Waals surface area contributed by atoms with E-state index in [0.29, 0.717) is 6.04 Å². The minimum absolute atomic E-state index is 0.0834. The van der Waals surface area contributed by atoms with Crippen molar-refractivity contribution in [3.05, 3.63) is 23.0 Å². The van der Waals surface area contributed by atoms with E-state index in [4.69, 9.17) is 4.74 Å². The van der Waals surface area contributed by atoms with Gasteiger partial charge in [-0.05, 0) is 32.6 Å². The Morgan fingerprint density at radius 2 is 2.29 bits per heavy atom. The molecule has 3 heterocycles. The molecular weight excluding hydrogens is 282 g/mol. The SMILES string of the molecule is CCC1(CC)CC(NCc2c(C)nc3sccn23)CCO1. The highest BCUT2D eigenvalue weighted by molar-refractivity contribution is 7.15. The molecule has 3 rings (SSSR count). The van der Waals surface area contributed by atoms with Crippen molar-refractivity contribution < 1.29 is 4.74 Å². The Bertz CT molecular complexity index is 600. The molecule has 1 N–H and O–H groups in total. The van der Waals surface area contributed by atoms with Gasteiger partial charge in [0.25, 0.3) is 0 Å². The monoisotopic (exact) mass is 307 g/mol. The number of rotatable bonds is 5. The van der Waals surface area contributed by atoms with Crippen LogP contribution in [-0.4, -0.2) is 27.6 Å². The van der Waals surface area contributed by atoms with E-state index in [0.717, 1.165) is 49.5 Å². The summed E-state index contributed by atoms with van der Waals surface area (Å²) in [5.74, 6) is 0. The molecule has 1 saturated heterocycles. The van der Waals surface area contributed by atoms with Crippen LogP contribution in [0, 0.1) is 6.92 Å². The third-order valence-corrected chi connectivity index (χ3v) is 5.66. The highest BCUT2D eigenvalue weighted by atomic mass is 32.1. The van der Waals surface area contributed by atoms with Crippen LogP contribution in [0.2, 0.25) is 0 Å². The van der Waals surface area contributed by atoms with Crippen LogP contribution in [0.3, 0.4) is 0 Å². The predicted octanol–water partition coefficient (Wildman–Crippen LogP) is 3.53. The summed E-state index contributed by atoms with van der Waals surface area (Å²) in [6, 6.07) is 0.544. The smallest absolute Gasteiger partial charge is 0.194 e. The van der Waals surface area contributed by atoms with E-state index >= 15 is 0 Å². The predicted molar refractivity (Wildman–Crippen MR) is 86.9 cm³/mol. The molecule has 5 heteroatoms. The first-order valence-corrected chi connectivity index (χ1v) is 8.84. The Morgan fingerprint density at radius 1 is 1.48 bits per heavy atom. The summed E-state index contributed by atoms with van der Waals surface area (Å²) in [6.07, 6.45) is 6.53. The van der Waals surface area contributed by atoms with E-state index in [9.17, 15) is 0 Å². The third-order valence-electron chi connectivity index (χ3n) is 4.90. The van der Waals surface area contributed by atoms with Crippen molar-refractivity contribution >= 4 is 16.3 Å². The molecule has 2 aromatic rings. The van der Waals surface area contributed by atoms with Gasteiger partial charge in [-0.1, -0.05) is 13.8 Å². The number of thiazole rings is 1. The number of aryl methyl sites for hydroxylation is 1. The quantitative estimate of drug-likeness (QED) is 0.918. The van der Waals surface area contributed by atoms with Crippen molar-refractivity contribution in [2.45, 2.75) is 64.6 Å². The summed E-state index contributed by atoms with van der Waals surface area (Å²) in [7, 11) is 0. The first kappa shape index (κ1) is 15.0. The van der Waals surface area contributed by atoms with Crippen LogP contribution in [-0.2, 0) is 11.3 Å². The molecule has 2 aromatic heterocycles. The maximum atomic E-state index is 6.06. The second kappa shape index (κ2) is 6.07. The second-order valence-electron chi connectivity index (χ2n) is 6.01. The van der Waals surface area contributed by atoms with Gasteiger partial charge in [0.2, 0.25) is 0 Å². The standard InChI is InChI=1S/C16H25N3OS/c1-4-16(5-2)10-13(6-8-20-16)17-11-14-12(3)18-15-19(14)7-9-21-15/h7,9,13,17H,4-6,8,10-11H2,1-3H3. The molecule has 0 aromatic carbocycles. The highest BCUT2D eigenvalue weighted by Gasteiger charge is 2.34. The lowest BCUT2D eigenvalue weighted by molar-refractivity contribution is -0.0932. The van der Waals surface area contributed by atoms with Gasteiger partial charge in [0, 0.05) is 30.8 Å². The van der Waals surface area contributed by atoms with Gasteiger partial charge in [-0.3, -0.25) is 4.40 Å². The molecule has 1 aliphatic rings. The second-order valence-corrected chi connectivity index (χ2v) is 6.88.